The molecule has 1 heterocycles. The number of amides is 1. The molecule has 0 unspecified atom stereocenters. The van der Waals surface area contributed by atoms with Crippen LogP contribution in [0.5, 0.6) is 5.75 Å². The number of hydrogen-bond acceptors (Lipinski definition) is 4. The van der Waals surface area contributed by atoms with Crippen LogP contribution >= 0.6 is 0 Å². The third-order valence-corrected chi connectivity index (χ3v) is 3.37. The number of carbonyl (C=O) groups is 1. The molecule has 1 amide bonds. The second kappa shape index (κ2) is 6.43. The maximum Gasteiger partial charge on any atom is 0.276 e. The number of oxazole rings is 1. The summed E-state index contributed by atoms with van der Waals surface area (Å²) < 4.78 is 10.8. The number of hydrogen-bond donors (Lipinski definition) is 0. The Morgan fingerprint density at radius 2 is 2.05 bits per heavy atom. The van der Waals surface area contributed by atoms with E-state index in [2.05, 4.69) is 4.98 Å². The van der Waals surface area contributed by atoms with Crippen LogP contribution in [-0.4, -0.2) is 36.0 Å². The summed E-state index contributed by atoms with van der Waals surface area (Å²) in [4.78, 5) is 18.5. The Hall–Kier alpha value is -2.30. The summed E-state index contributed by atoms with van der Waals surface area (Å²) in [6, 6.07) is 7.41. The summed E-state index contributed by atoms with van der Waals surface area (Å²) >= 11 is 0. The second-order valence-electron chi connectivity index (χ2n) is 4.63. The Balaban J connectivity index is 2.36. The van der Waals surface area contributed by atoms with Gasteiger partial charge in [-0.05, 0) is 39.0 Å². The molecule has 112 valence electrons. The van der Waals surface area contributed by atoms with Crippen LogP contribution in [0, 0.1) is 6.92 Å². The van der Waals surface area contributed by atoms with Gasteiger partial charge in [-0.3, -0.25) is 4.79 Å². The van der Waals surface area contributed by atoms with Gasteiger partial charge in [0.25, 0.3) is 5.91 Å². The molecule has 0 saturated carbocycles. The molecule has 21 heavy (non-hydrogen) atoms. The molecule has 0 aliphatic rings. The second-order valence-corrected chi connectivity index (χ2v) is 4.63. The minimum absolute atomic E-state index is 0.101. The van der Waals surface area contributed by atoms with E-state index in [4.69, 9.17) is 9.15 Å². The highest BCUT2D eigenvalue weighted by atomic mass is 16.5. The molecule has 1 aromatic heterocycles. The zero-order valence-electron chi connectivity index (χ0n) is 12.8. The lowest BCUT2D eigenvalue weighted by Crippen LogP contribution is -2.31. The highest BCUT2D eigenvalue weighted by Crippen LogP contribution is 2.25. The van der Waals surface area contributed by atoms with Crippen molar-refractivity contribution in [3.8, 4) is 17.2 Å². The van der Waals surface area contributed by atoms with Gasteiger partial charge < -0.3 is 14.1 Å². The number of aryl methyl sites for hydroxylation is 1. The van der Waals surface area contributed by atoms with E-state index in [9.17, 15) is 4.79 Å². The van der Waals surface area contributed by atoms with Crippen LogP contribution in [0.4, 0.5) is 0 Å². The summed E-state index contributed by atoms with van der Waals surface area (Å²) in [6.07, 6.45) is 0. The number of carbonyl (C=O) groups excluding carboxylic acids is 1. The van der Waals surface area contributed by atoms with Gasteiger partial charge in [-0.2, -0.15) is 0 Å². The lowest BCUT2D eigenvalue weighted by atomic mass is 10.2. The molecule has 2 aromatic rings. The van der Waals surface area contributed by atoms with Crippen molar-refractivity contribution in [2.75, 3.05) is 20.2 Å². The van der Waals surface area contributed by atoms with Crippen LogP contribution in [0.25, 0.3) is 11.5 Å². The van der Waals surface area contributed by atoms with Gasteiger partial charge in [0.2, 0.25) is 5.89 Å². The highest BCUT2D eigenvalue weighted by molar-refractivity contribution is 5.93. The summed E-state index contributed by atoms with van der Waals surface area (Å²) in [7, 11) is 1.61. The van der Waals surface area contributed by atoms with Gasteiger partial charge in [0.15, 0.2) is 5.69 Å². The smallest absolute Gasteiger partial charge is 0.276 e. The van der Waals surface area contributed by atoms with Crippen molar-refractivity contribution in [1.82, 2.24) is 9.88 Å². The number of methoxy groups -OCH3 is 1. The molecule has 0 saturated heterocycles. The van der Waals surface area contributed by atoms with Crippen molar-refractivity contribution in [3.63, 3.8) is 0 Å². The molecule has 0 fully saturated rings. The highest BCUT2D eigenvalue weighted by Gasteiger charge is 2.21. The fraction of sp³-hybridized carbons (Fsp3) is 0.375. The Bertz CT molecular complexity index is 630. The fourth-order valence-electron chi connectivity index (χ4n) is 2.14. The third-order valence-electron chi connectivity index (χ3n) is 3.37. The maximum atomic E-state index is 12.4. The first kappa shape index (κ1) is 15.1. The number of benzene rings is 1. The lowest BCUT2D eigenvalue weighted by molar-refractivity contribution is 0.0766. The number of ether oxygens (including phenoxy) is 1. The van der Waals surface area contributed by atoms with E-state index in [0.717, 1.165) is 11.3 Å². The average Bonchev–Trinajstić information content (AvgIpc) is 2.90. The van der Waals surface area contributed by atoms with Gasteiger partial charge in [0.1, 0.15) is 11.5 Å². The minimum Gasteiger partial charge on any atom is -0.497 e. The lowest BCUT2D eigenvalue weighted by Gasteiger charge is -2.16. The van der Waals surface area contributed by atoms with E-state index in [1.54, 1.807) is 18.9 Å². The third kappa shape index (κ3) is 3.07. The number of rotatable bonds is 5. The molecule has 0 bridgehead atoms. The SMILES string of the molecule is CCN(CC)C(=O)c1nc(-c2cccc(OC)c2)oc1C. The maximum absolute atomic E-state index is 12.4. The summed E-state index contributed by atoms with van der Waals surface area (Å²) in [5.74, 6) is 1.59. The fourth-order valence-corrected chi connectivity index (χ4v) is 2.14. The standard InChI is InChI=1S/C16H20N2O3/c1-5-18(6-2)16(19)14-11(3)21-15(17-14)12-8-7-9-13(10-12)20-4/h7-10H,5-6H2,1-4H3. The van der Waals surface area contributed by atoms with E-state index < -0.39 is 0 Å². The summed E-state index contributed by atoms with van der Waals surface area (Å²) in [5.41, 5.74) is 1.16. The van der Waals surface area contributed by atoms with Crippen molar-refractivity contribution in [2.24, 2.45) is 0 Å². The van der Waals surface area contributed by atoms with Crippen molar-refractivity contribution in [2.45, 2.75) is 20.8 Å². The van der Waals surface area contributed by atoms with Gasteiger partial charge in [-0.25, -0.2) is 4.98 Å². The molecule has 5 nitrogen and oxygen atoms in total. The molecular weight excluding hydrogens is 268 g/mol. The van der Waals surface area contributed by atoms with Crippen molar-refractivity contribution in [3.05, 3.63) is 35.7 Å². The molecule has 5 heteroatoms. The van der Waals surface area contributed by atoms with Gasteiger partial charge in [0, 0.05) is 18.7 Å². The van der Waals surface area contributed by atoms with Crippen LogP contribution in [0.15, 0.2) is 28.7 Å². The van der Waals surface area contributed by atoms with Gasteiger partial charge in [-0.15, -0.1) is 0 Å². The molecule has 0 atom stereocenters. The molecular formula is C16H20N2O3. The molecule has 0 radical (unpaired) electrons. The molecule has 1 aromatic carbocycles. The predicted octanol–water partition coefficient (Wildman–Crippen LogP) is 3.14. The first-order chi connectivity index (χ1) is 10.1. The zero-order chi connectivity index (χ0) is 15.4. The van der Waals surface area contributed by atoms with Crippen LogP contribution in [0.3, 0.4) is 0 Å². The topological polar surface area (TPSA) is 55.6 Å². The van der Waals surface area contributed by atoms with Crippen molar-refractivity contribution < 1.29 is 13.9 Å². The molecule has 2 rings (SSSR count). The first-order valence-electron chi connectivity index (χ1n) is 7.01. The van der Waals surface area contributed by atoms with E-state index in [1.807, 2.05) is 38.1 Å². The molecule has 0 spiro atoms. The van der Waals surface area contributed by atoms with E-state index in [1.165, 1.54) is 0 Å². The van der Waals surface area contributed by atoms with Crippen LogP contribution in [0.2, 0.25) is 0 Å². The predicted molar refractivity (Wildman–Crippen MR) is 80.5 cm³/mol. The summed E-state index contributed by atoms with van der Waals surface area (Å²) in [6.45, 7) is 6.94. The Morgan fingerprint density at radius 3 is 2.67 bits per heavy atom. The van der Waals surface area contributed by atoms with Gasteiger partial charge in [0.05, 0.1) is 7.11 Å². The van der Waals surface area contributed by atoms with Crippen LogP contribution in [0.1, 0.15) is 30.1 Å². The van der Waals surface area contributed by atoms with Crippen LogP contribution < -0.4 is 4.74 Å². The Morgan fingerprint density at radius 1 is 1.33 bits per heavy atom. The van der Waals surface area contributed by atoms with Gasteiger partial charge >= 0.3 is 0 Å². The monoisotopic (exact) mass is 288 g/mol. The van der Waals surface area contributed by atoms with Crippen molar-refractivity contribution in [1.29, 1.82) is 0 Å². The first-order valence-corrected chi connectivity index (χ1v) is 7.01. The minimum atomic E-state index is -0.101. The normalized spacial score (nSPS) is 10.5. The van der Waals surface area contributed by atoms with Crippen molar-refractivity contribution >= 4 is 5.91 Å². The summed E-state index contributed by atoms with van der Waals surface area (Å²) in [5, 5.41) is 0. The number of nitrogens with zero attached hydrogens (tertiary/aromatic N) is 2. The largest absolute Gasteiger partial charge is 0.497 e. The van der Waals surface area contributed by atoms with E-state index in [-0.39, 0.29) is 5.91 Å². The number of aromatic nitrogens is 1. The van der Waals surface area contributed by atoms with E-state index >= 15 is 0 Å². The Kier molecular flexibility index (Phi) is 4.62. The van der Waals surface area contributed by atoms with Gasteiger partial charge in [-0.1, -0.05) is 6.07 Å². The molecule has 0 aliphatic carbocycles. The quantitative estimate of drug-likeness (QED) is 0.848. The zero-order valence-corrected chi connectivity index (χ0v) is 12.8. The Labute approximate surface area is 124 Å². The van der Waals surface area contributed by atoms with Crippen LogP contribution in [-0.2, 0) is 0 Å². The molecule has 0 N–H and O–H groups in total. The molecule has 0 aliphatic heterocycles. The van der Waals surface area contributed by atoms with E-state index in [0.29, 0.717) is 30.4 Å². The average molecular weight is 288 g/mol.